The zero-order valence-electron chi connectivity index (χ0n) is 12.3. The molecule has 0 aliphatic rings. The van der Waals surface area contributed by atoms with E-state index in [1.54, 1.807) is 64.1 Å². The molecule has 107 valence electrons. The van der Waals surface area contributed by atoms with Crippen molar-refractivity contribution in [1.29, 1.82) is 0 Å². The van der Waals surface area contributed by atoms with Crippen molar-refractivity contribution in [1.82, 2.24) is 0 Å². The normalized spacial score (nSPS) is 8.82. The van der Waals surface area contributed by atoms with Crippen LogP contribution in [0.15, 0.2) is 0 Å². The topological polar surface area (TPSA) is 86.7 Å². The van der Waals surface area contributed by atoms with E-state index in [0.29, 0.717) is 0 Å². The van der Waals surface area contributed by atoms with E-state index in [4.69, 9.17) is 21.1 Å². The fourth-order valence-electron chi connectivity index (χ4n) is 0.102. The molecule has 0 aromatic rings. The molecule has 4 nitrogen and oxygen atoms in total. The van der Waals surface area contributed by atoms with Gasteiger partial charge in [0.2, 0.25) is 0 Å². The maximum atomic E-state index is 8.06. The Kier molecular flexibility index (Phi) is 39.3. The van der Waals surface area contributed by atoms with E-state index in [1.807, 2.05) is 0 Å². The standard InChI is InChI=1S/C3H8N.3C3H8O.Sn/c1-2-3-4;3*1-3(2)4;/h1-4H2;3*3-4H,1-2H3;. The second-order valence-electron chi connectivity index (χ2n) is 4.17. The van der Waals surface area contributed by atoms with Crippen LogP contribution >= 0.6 is 0 Å². The van der Waals surface area contributed by atoms with Gasteiger partial charge in [0.1, 0.15) is 0 Å². The molecule has 0 unspecified atom stereocenters. The monoisotopic (exact) mass is 358 g/mol. The van der Waals surface area contributed by atoms with Crippen molar-refractivity contribution in [3.8, 4) is 0 Å². The molecule has 17 heavy (non-hydrogen) atoms. The van der Waals surface area contributed by atoms with Crippen molar-refractivity contribution in [2.24, 2.45) is 5.73 Å². The first-order valence-corrected chi connectivity index (χ1v) is 8.02. The van der Waals surface area contributed by atoms with Gasteiger partial charge in [-0.1, -0.05) is 0 Å². The van der Waals surface area contributed by atoms with Crippen LogP contribution in [0.25, 0.3) is 0 Å². The van der Waals surface area contributed by atoms with Crippen molar-refractivity contribution in [2.75, 3.05) is 6.54 Å². The second kappa shape index (κ2) is 25.5. The summed E-state index contributed by atoms with van der Waals surface area (Å²) in [7, 11) is 0. The van der Waals surface area contributed by atoms with Gasteiger partial charge in [0, 0.05) is 18.3 Å². The zero-order valence-corrected chi connectivity index (χ0v) is 15.1. The zero-order chi connectivity index (χ0) is 14.9. The fourth-order valence-corrected chi connectivity index (χ4v) is 0.685. The molecule has 0 saturated heterocycles. The van der Waals surface area contributed by atoms with Crippen LogP contribution in [0.5, 0.6) is 0 Å². The summed E-state index contributed by atoms with van der Waals surface area (Å²) in [6.07, 6.45) is 0.707. The quantitative estimate of drug-likeness (QED) is 0.558. The predicted molar refractivity (Wildman–Crippen MR) is 76.3 cm³/mol. The first kappa shape index (κ1) is 26.3. The minimum atomic E-state index is -0.167. The molecule has 3 radical (unpaired) electrons. The van der Waals surface area contributed by atoms with E-state index in [-0.39, 0.29) is 18.3 Å². The molecular formula is C12H32NO3Sn. The van der Waals surface area contributed by atoms with Gasteiger partial charge in [0.05, 0.1) is 0 Å². The van der Waals surface area contributed by atoms with Gasteiger partial charge in [-0.3, -0.25) is 0 Å². The number of hydrogen-bond donors (Lipinski definition) is 4. The Hall–Kier alpha value is 0.639. The van der Waals surface area contributed by atoms with E-state index in [2.05, 4.69) is 0 Å². The van der Waals surface area contributed by atoms with Gasteiger partial charge in [0.25, 0.3) is 0 Å². The van der Waals surface area contributed by atoms with E-state index in [1.165, 1.54) is 10.9 Å². The van der Waals surface area contributed by atoms with Gasteiger partial charge in [-0.15, -0.1) is 0 Å². The molecule has 0 aliphatic heterocycles. The molecule has 0 aromatic carbocycles. The third-order valence-corrected chi connectivity index (χ3v) is 1.39. The Morgan fingerprint density at radius 3 is 1.00 bits per heavy atom. The molecule has 0 aromatic heterocycles. The van der Waals surface area contributed by atoms with Crippen molar-refractivity contribution >= 4 is 22.5 Å². The Balaban J connectivity index is -0.0000000667. The van der Waals surface area contributed by atoms with E-state index in [0.717, 1.165) is 6.54 Å². The maximum absolute atomic E-state index is 8.06. The summed E-state index contributed by atoms with van der Waals surface area (Å²) in [5, 5.41) is 24.2. The molecular weight excluding hydrogens is 325 g/mol. The molecule has 0 rings (SSSR count). The average Bonchev–Trinajstić information content (AvgIpc) is 2.01. The number of aliphatic hydroxyl groups is 3. The van der Waals surface area contributed by atoms with Gasteiger partial charge < -0.3 is 15.3 Å². The Bertz CT molecular complexity index is 77.2. The van der Waals surface area contributed by atoms with Crippen LogP contribution in [0.3, 0.4) is 0 Å². The summed E-state index contributed by atoms with van der Waals surface area (Å²) < 4.78 is 1.31. The molecule has 0 atom stereocenters. The van der Waals surface area contributed by atoms with Crippen LogP contribution in [-0.2, 0) is 0 Å². The number of rotatable bonds is 2. The molecule has 0 spiro atoms. The molecule has 0 amide bonds. The summed E-state index contributed by atoms with van der Waals surface area (Å²) in [6, 6.07) is 0. The SMILES string of the molecule is CC(C)O.CC(C)O.CC(C)O.NCC[CH2][Sn]. The van der Waals surface area contributed by atoms with Crippen LogP contribution in [0, 0.1) is 0 Å². The summed E-state index contributed by atoms with van der Waals surface area (Å²) >= 11 is 1.60. The van der Waals surface area contributed by atoms with Crippen molar-refractivity contribution in [3.63, 3.8) is 0 Å². The summed E-state index contributed by atoms with van der Waals surface area (Å²) in [6.45, 7) is 11.2. The molecule has 0 heterocycles. The van der Waals surface area contributed by atoms with E-state index < -0.39 is 0 Å². The van der Waals surface area contributed by atoms with E-state index >= 15 is 0 Å². The molecule has 0 bridgehead atoms. The van der Waals surface area contributed by atoms with Crippen LogP contribution < -0.4 is 5.73 Å². The van der Waals surface area contributed by atoms with Gasteiger partial charge in [-0.25, -0.2) is 0 Å². The Labute approximate surface area is 121 Å². The summed E-state index contributed by atoms with van der Waals surface area (Å²) in [5.41, 5.74) is 5.15. The van der Waals surface area contributed by atoms with Crippen LogP contribution in [0.4, 0.5) is 0 Å². The molecule has 5 heteroatoms. The number of aliphatic hydroxyl groups excluding tert-OH is 3. The minimum absolute atomic E-state index is 0.167. The molecule has 0 aliphatic carbocycles. The van der Waals surface area contributed by atoms with Gasteiger partial charge in [-0.05, 0) is 41.5 Å². The van der Waals surface area contributed by atoms with Gasteiger partial charge in [-0.2, -0.15) is 0 Å². The second-order valence-corrected chi connectivity index (χ2v) is 5.60. The molecule has 0 fully saturated rings. The van der Waals surface area contributed by atoms with Crippen molar-refractivity contribution < 1.29 is 15.3 Å². The first-order chi connectivity index (χ1) is 7.61. The molecule has 5 N–H and O–H groups in total. The third-order valence-electron chi connectivity index (χ3n) is 0.381. The van der Waals surface area contributed by atoms with Crippen molar-refractivity contribution in [3.05, 3.63) is 0 Å². The third kappa shape index (κ3) is 512. The number of nitrogens with two attached hydrogens (primary N) is 1. The van der Waals surface area contributed by atoms with Crippen LogP contribution in [-0.4, -0.2) is 62.7 Å². The van der Waals surface area contributed by atoms with E-state index in [9.17, 15) is 0 Å². The van der Waals surface area contributed by atoms with Crippen LogP contribution in [0.1, 0.15) is 48.0 Å². The Morgan fingerprint density at radius 1 is 0.824 bits per heavy atom. The summed E-state index contributed by atoms with van der Waals surface area (Å²) in [5.74, 6) is 0. The molecule has 0 saturated carbocycles. The summed E-state index contributed by atoms with van der Waals surface area (Å²) in [4.78, 5) is 0. The van der Waals surface area contributed by atoms with Gasteiger partial charge in [0.15, 0.2) is 0 Å². The predicted octanol–water partition coefficient (Wildman–Crippen LogP) is 1.08. The fraction of sp³-hybridized carbons (Fsp3) is 1.00. The van der Waals surface area contributed by atoms with Crippen molar-refractivity contribution in [2.45, 2.75) is 70.7 Å². The van der Waals surface area contributed by atoms with Crippen LogP contribution in [0.2, 0.25) is 4.44 Å². The first-order valence-electron chi connectivity index (χ1n) is 6.00. The number of hydrogen-bond acceptors (Lipinski definition) is 4. The Morgan fingerprint density at radius 2 is 1.00 bits per heavy atom. The average molecular weight is 357 g/mol. The van der Waals surface area contributed by atoms with Gasteiger partial charge >= 0.3 is 45.7 Å².